The third kappa shape index (κ3) is 4.15. The summed E-state index contributed by atoms with van der Waals surface area (Å²) in [6.07, 6.45) is 4.37. The zero-order chi connectivity index (χ0) is 13.9. The molecule has 0 aliphatic heterocycles. The van der Waals surface area contributed by atoms with Gasteiger partial charge in [0.25, 0.3) is 0 Å². The monoisotopic (exact) mass is 300 g/mol. The number of hydrogen-bond donors (Lipinski definition) is 3. The maximum Gasteiger partial charge on any atom is 0.229 e. The first-order chi connectivity index (χ1) is 8.94. The van der Waals surface area contributed by atoms with Crippen LogP contribution >= 0.6 is 11.6 Å². The Morgan fingerprint density at radius 3 is 2.84 bits per heavy atom. The third-order valence-corrected chi connectivity index (χ3v) is 3.23. The molecule has 0 amide bonds. The van der Waals surface area contributed by atoms with Crippen molar-refractivity contribution in [2.45, 2.75) is 6.54 Å². The zero-order valence-corrected chi connectivity index (χ0v) is 11.7. The van der Waals surface area contributed by atoms with Crippen molar-refractivity contribution < 1.29 is 8.42 Å². The molecule has 0 aliphatic rings. The van der Waals surface area contributed by atoms with E-state index in [1.54, 1.807) is 30.7 Å². The first-order valence-electron chi connectivity index (χ1n) is 5.42. The minimum Gasteiger partial charge on any atom is -0.378 e. The smallest absolute Gasteiger partial charge is 0.229 e. The van der Waals surface area contributed by atoms with E-state index in [0.717, 1.165) is 11.9 Å². The fourth-order valence-electron chi connectivity index (χ4n) is 1.51. The summed E-state index contributed by atoms with van der Waals surface area (Å²) in [4.78, 5) is 6.85. The van der Waals surface area contributed by atoms with Crippen LogP contribution in [0.4, 0.5) is 11.4 Å². The first-order valence-corrected chi connectivity index (χ1v) is 7.69. The molecule has 0 radical (unpaired) electrons. The molecule has 0 unspecified atom stereocenters. The van der Waals surface area contributed by atoms with E-state index < -0.39 is 10.0 Å². The summed E-state index contributed by atoms with van der Waals surface area (Å²) in [5.74, 6) is 0. The molecule has 0 saturated carbocycles. The Labute approximate surface area is 116 Å². The van der Waals surface area contributed by atoms with Gasteiger partial charge < -0.3 is 10.3 Å². The van der Waals surface area contributed by atoms with Crippen LogP contribution in [0.5, 0.6) is 0 Å². The lowest BCUT2D eigenvalue weighted by Crippen LogP contribution is -2.10. The van der Waals surface area contributed by atoms with Gasteiger partial charge in [-0.15, -0.1) is 0 Å². The van der Waals surface area contributed by atoms with Crippen LogP contribution in [0.3, 0.4) is 0 Å². The molecule has 0 atom stereocenters. The molecule has 1 aromatic carbocycles. The van der Waals surface area contributed by atoms with Gasteiger partial charge in [0.2, 0.25) is 10.0 Å². The average Bonchev–Trinajstić information content (AvgIpc) is 2.81. The maximum atomic E-state index is 11.2. The van der Waals surface area contributed by atoms with Crippen molar-refractivity contribution >= 4 is 33.0 Å². The van der Waals surface area contributed by atoms with Crippen molar-refractivity contribution in [3.63, 3.8) is 0 Å². The predicted octanol–water partition coefficient (Wildman–Crippen LogP) is 2.05. The summed E-state index contributed by atoms with van der Waals surface area (Å²) < 4.78 is 24.7. The Kier molecular flexibility index (Phi) is 3.96. The van der Waals surface area contributed by atoms with Crippen molar-refractivity contribution in [3.8, 4) is 0 Å². The molecule has 0 bridgehead atoms. The normalized spacial score (nSPS) is 11.3. The van der Waals surface area contributed by atoms with Gasteiger partial charge in [0.05, 0.1) is 41.2 Å². The van der Waals surface area contributed by atoms with E-state index in [9.17, 15) is 8.42 Å². The van der Waals surface area contributed by atoms with Gasteiger partial charge in [-0.05, 0) is 18.2 Å². The Morgan fingerprint density at radius 1 is 1.42 bits per heavy atom. The van der Waals surface area contributed by atoms with Crippen LogP contribution in [0.25, 0.3) is 0 Å². The van der Waals surface area contributed by atoms with Crippen LogP contribution in [-0.4, -0.2) is 24.6 Å². The molecule has 6 nitrogen and oxygen atoms in total. The van der Waals surface area contributed by atoms with Crippen LogP contribution in [0, 0.1) is 0 Å². The lowest BCUT2D eigenvalue weighted by Gasteiger charge is -2.10. The summed E-state index contributed by atoms with van der Waals surface area (Å²) >= 11 is 6.04. The van der Waals surface area contributed by atoms with Gasteiger partial charge in [0, 0.05) is 6.20 Å². The standard InChI is InChI=1S/C11H13ClN4O2S/c1-19(17,18)16-8-2-3-10(12)11(4-8)14-6-9-5-13-7-15-9/h2-5,7,14,16H,6H2,1H3,(H,13,15). The van der Waals surface area contributed by atoms with Gasteiger partial charge in [-0.3, -0.25) is 4.72 Å². The molecule has 2 rings (SSSR count). The van der Waals surface area contributed by atoms with Crippen LogP contribution in [0.15, 0.2) is 30.7 Å². The van der Waals surface area contributed by atoms with Crippen LogP contribution in [0.2, 0.25) is 5.02 Å². The highest BCUT2D eigenvalue weighted by molar-refractivity contribution is 7.92. The van der Waals surface area contributed by atoms with Crippen LogP contribution in [-0.2, 0) is 16.6 Å². The maximum absolute atomic E-state index is 11.2. The lowest BCUT2D eigenvalue weighted by atomic mass is 10.3. The van der Waals surface area contributed by atoms with E-state index in [2.05, 4.69) is 20.0 Å². The number of rotatable bonds is 5. The summed E-state index contributed by atoms with van der Waals surface area (Å²) in [6.45, 7) is 0.516. The van der Waals surface area contributed by atoms with Gasteiger partial charge in [-0.1, -0.05) is 11.6 Å². The fourth-order valence-corrected chi connectivity index (χ4v) is 2.25. The third-order valence-electron chi connectivity index (χ3n) is 2.29. The number of imidazole rings is 1. The molecule has 3 N–H and O–H groups in total. The van der Waals surface area contributed by atoms with Gasteiger partial charge in [0.1, 0.15) is 0 Å². The van der Waals surface area contributed by atoms with Gasteiger partial charge in [0.15, 0.2) is 0 Å². The summed E-state index contributed by atoms with van der Waals surface area (Å²) in [7, 11) is -3.30. The topological polar surface area (TPSA) is 86.9 Å². The lowest BCUT2D eigenvalue weighted by molar-refractivity contribution is 0.607. The number of halogens is 1. The van der Waals surface area contributed by atoms with E-state index in [1.165, 1.54) is 0 Å². The number of aromatic amines is 1. The molecule has 1 aromatic heterocycles. The zero-order valence-electron chi connectivity index (χ0n) is 10.1. The minimum atomic E-state index is -3.30. The molecule has 8 heteroatoms. The number of nitrogens with one attached hydrogen (secondary N) is 3. The molecular formula is C11H13ClN4O2S. The van der Waals surface area contributed by atoms with E-state index in [4.69, 9.17) is 11.6 Å². The quantitative estimate of drug-likeness (QED) is 0.788. The number of hydrogen-bond acceptors (Lipinski definition) is 4. The van der Waals surface area contributed by atoms with Gasteiger partial charge in [-0.2, -0.15) is 0 Å². The number of anilines is 2. The Hall–Kier alpha value is -1.73. The van der Waals surface area contributed by atoms with E-state index >= 15 is 0 Å². The van der Waals surface area contributed by atoms with Crippen LogP contribution in [0.1, 0.15) is 5.69 Å². The van der Waals surface area contributed by atoms with Crippen molar-refractivity contribution in [2.24, 2.45) is 0 Å². The number of sulfonamides is 1. The van der Waals surface area contributed by atoms with E-state index in [0.29, 0.717) is 22.9 Å². The van der Waals surface area contributed by atoms with E-state index in [-0.39, 0.29) is 0 Å². The Morgan fingerprint density at radius 2 is 2.21 bits per heavy atom. The molecule has 19 heavy (non-hydrogen) atoms. The van der Waals surface area contributed by atoms with Crippen LogP contribution < -0.4 is 10.0 Å². The van der Waals surface area contributed by atoms with E-state index in [1.807, 2.05) is 0 Å². The molecule has 0 fully saturated rings. The van der Waals surface area contributed by atoms with Gasteiger partial charge in [-0.25, -0.2) is 13.4 Å². The number of nitrogens with zero attached hydrogens (tertiary/aromatic N) is 1. The molecule has 0 spiro atoms. The molecule has 0 aliphatic carbocycles. The highest BCUT2D eigenvalue weighted by atomic mass is 35.5. The second-order valence-corrected chi connectivity index (χ2v) is 6.15. The first kappa shape index (κ1) is 13.7. The SMILES string of the molecule is CS(=O)(=O)Nc1ccc(Cl)c(NCc2cnc[nH]2)c1. The summed E-state index contributed by atoms with van der Waals surface area (Å²) in [5.41, 5.74) is 2.00. The molecule has 2 aromatic rings. The Bertz CT molecular complexity index is 655. The average molecular weight is 301 g/mol. The molecule has 102 valence electrons. The summed E-state index contributed by atoms with van der Waals surface area (Å²) in [5, 5.41) is 3.62. The fraction of sp³-hybridized carbons (Fsp3) is 0.182. The van der Waals surface area contributed by atoms with Crippen molar-refractivity contribution in [1.29, 1.82) is 0 Å². The largest absolute Gasteiger partial charge is 0.378 e. The molecule has 1 heterocycles. The highest BCUT2D eigenvalue weighted by Gasteiger charge is 2.06. The highest BCUT2D eigenvalue weighted by Crippen LogP contribution is 2.26. The van der Waals surface area contributed by atoms with Gasteiger partial charge >= 0.3 is 0 Å². The Balaban J connectivity index is 2.13. The predicted molar refractivity (Wildman–Crippen MR) is 75.8 cm³/mol. The molecule has 0 saturated heterocycles. The minimum absolute atomic E-state index is 0.457. The number of aromatic nitrogens is 2. The second-order valence-electron chi connectivity index (χ2n) is 4.00. The summed E-state index contributed by atoms with van der Waals surface area (Å²) in [6, 6.07) is 4.87. The number of benzene rings is 1. The van der Waals surface area contributed by atoms with Crippen molar-refractivity contribution in [2.75, 3.05) is 16.3 Å². The number of H-pyrrole nitrogens is 1. The molecular weight excluding hydrogens is 288 g/mol. The van der Waals surface area contributed by atoms with Crippen molar-refractivity contribution in [3.05, 3.63) is 41.4 Å². The second kappa shape index (κ2) is 5.50. The van der Waals surface area contributed by atoms with Crippen molar-refractivity contribution in [1.82, 2.24) is 9.97 Å².